The van der Waals surface area contributed by atoms with Crippen molar-refractivity contribution in [2.45, 2.75) is 11.8 Å². The molecule has 3 nitrogen and oxygen atoms in total. The number of carbonyl (C=O) groups is 2. The highest BCUT2D eigenvalue weighted by atomic mass is 79.9. The number of halogens is 1. The zero-order chi connectivity index (χ0) is 19.0. The predicted octanol–water partition coefficient (Wildman–Crippen LogP) is 4.85. The Balaban J connectivity index is 1.57. The van der Waals surface area contributed by atoms with E-state index in [9.17, 15) is 9.59 Å². The molecule has 0 radical (unpaired) electrons. The number of hydrogen-bond donors (Lipinski definition) is 0. The maximum absolute atomic E-state index is 13.5. The molecule has 2 bridgehead atoms. The Morgan fingerprint density at radius 2 is 1.00 bits per heavy atom. The van der Waals surface area contributed by atoms with Crippen molar-refractivity contribution >= 4 is 33.4 Å². The summed E-state index contributed by atoms with van der Waals surface area (Å²) in [4.78, 5) is 28.5. The van der Waals surface area contributed by atoms with Crippen LogP contribution in [0.2, 0.25) is 0 Å². The number of carbonyl (C=O) groups excluding carboxylic acids is 2. The van der Waals surface area contributed by atoms with E-state index < -0.39 is 0 Å². The van der Waals surface area contributed by atoms with Crippen LogP contribution in [0.3, 0.4) is 0 Å². The highest BCUT2D eigenvalue weighted by Gasteiger charge is 2.61. The van der Waals surface area contributed by atoms with Crippen LogP contribution in [-0.4, -0.2) is 11.8 Å². The van der Waals surface area contributed by atoms with E-state index >= 15 is 0 Å². The highest BCUT2D eigenvalue weighted by molar-refractivity contribution is 9.10. The van der Waals surface area contributed by atoms with Gasteiger partial charge in [0.2, 0.25) is 11.8 Å². The minimum Gasteiger partial charge on any atom is -0.274 e. The monoisotopic (exact) mass is 429 g/mol. The van der Waals surface area contributed by atoms with Gasteiger partial charge in [0.15, 0.2) is 0 Å². The van der Waals surface area contributed by atoms with E-state index in [0.29, 0.717) is 5.69 Å². The van der Waals surface area contributed by atoms with Gasteiger partial charge in [-0.3, -0.25) is 9.59 Å². The molecule has 3 aliphatic carbocycles. The second kappa shape index (κ2) is 5.65. The summed E-state index contributed by atoms with van der Waals surface area (Å²) >= 11 is 3.43. The van der Waals surface area contributed by atoms with E-state index in [1.165, 1.54) is 27.2 Å². The Bertz CT molecular complexity index is 1040. The molecular weight excluding hydrogens is 414 g/mol. The standard InChI is InChI=1S/C24H16BrNO2/c25-13-9-11-14(12-10-13)26-23(27)21-19-15-5-1-2-6-16(15)20(22(21)24(26)28)18-8-4-3-7-17(18)19/h1-12,19-22H/t19?,20?,21-,22-/m1/s1. The Kier molecular flexibility index (Phi) is 3.28. The van der Waals surface area contributed by atoms with Gasteiger partial charge in [-0.15, -0.1) is 0 Å². The molecule has 28 heavy (non-hydrogen) atoms. The van der Waals surface area contributed by atoms with Gasteiger partial charge >= 0.3 is 0 Å². The number of imide groups is 1. The van der Waals surface area contributed by atoms with Crippen molar-refractivity contribution in [3.05, 3.63) is 99.5 Å². The van der Waals surface area contributed by atoms with Gasteiger partial charge in [-0.25, -0.2) is 4.90 Å². The lowest BCUT2D eigenvalue weighted by Gasteiger charge is -2.45. The fourth-order valence-corrected chi connectivity index (χ4v) is 5.79. The molecule has 1 heterocycles. The number of nitrogens with zero attached hydrogens (tertiary/aromatic N) is 1. The van der Waals surface area contributed by atoms with Gasteiger partial charge in [0.25, 0.3) is 0 Å². The lowest BCUT2D eigenvalue weighted by molar-refractivity contribution is -0.122. The Labute approximate surface area is 171 Å². The fourth-order valence-electron chi connectivity index (χ4n) is 5.52. The van der Waals surface area contributed by atoms with Crippen LogP contribution in [0.25, 0.3) is 0 Å². The normalized spacial score (nSPS) is 26.8. The number of hydrogen-bond acceptors (Lipinski definition) is 2. The van der Waals surface area contributed by atoms with Crippen LogP contribution in [0.5, 0.6) is 0 Å². The first-order valence-electron chi connectivity index (χ1n) is 9.48. The SMILES string of the molecule is O=C1[C@@H]2C3c4ccccc4C(c4ccccc43)[C@H]2C(=O)N1c1ccc(Br)cc1. The number of amides is 2. The van der Waals surface area contributed by atoms with Crippen molar-refractivity contribution in [1.29, 1.82) is 0 Å². The summed E-state index contributed by atoms with van der Waals surface area (Å²) < 4.78 is 0.924. The minimum atomic E-state index is -0.328. The van der Waals surface area contributed by atoms with Gasteiger partial charge in [0.1, 0.15) is 0 Å². The highest BCUT2D eigenvalue weighted by Crippen LogP contribution is 2.61. The van der Waals surface area contributed by atoms with Crippen molar-refractivity contribution in [3.8, 4) is 0 Å². The molecule has 3 aromatic carbocycles. The molecule has 4 aliphatic rings. The molecule has 1 fully saturated rings. The van der Waals surface area contributed by atoms with E-state index in [1.54, 1.807) is 0 Å². The topological polar surface area (TPSA) is 37.4 Å². The Morgan fingerprint density at radius 1 is 0.607 bits per heavy atom. The third kappa shape index (κ3) is 1.93. The number of anilines is 1. The molecule has 1 aliphatic heterocycles. The summed E-state index contributed by atoms with van der Waals surface area (Å²) in [5.41, 5.74) is 5.45. The summed E-state index contributed by atoms with van der Waals surface area (Å²) in [5.74, 6) is -0.914. The van der Waals surface area contributed by atoms with Crippen molar-refractivity contribution in [1.82, 2.24) is 0 Å². The smallest absolute Gasteiger partial charge is 0.238 e. The maximum atomic E-state index is 13.5. The molecule has 7 rings (SSSR count). The van der Waals surface area contributed by atoms with E-state index in [-0.39, 0.29) is 35.5 Å². The van der Waals surface area contributed by atoms with Crippen molar-refractivity contribution < 1.29 is 9.59 Å². The second-order valence-corrected chi connectivity index (χ2v) is 8.67. The molecule has 0 aromatic heterocycles. The van der Waals surface area contributed by atoms with E-state index in [4.69, 9.17) is 0 Å². The van der Waals surface area contributed by atoms with Crippen LogP contribution < -0.4 is 4.90 Å². The van der Waals surface area contributed by atoms with E-state index in [2.05, 4.69) is 40.2 Å². The molecule has 2 atom stereocenters. The van der Waals surface area contributed by atoms with Crippen molar-refractivity contribution in [3.63, 3.8) is 0 Å². The third-order valence-corrected chi connectivity index (χ3v) is 7.06. The average Bonchev–Trinajstić information content (AvgIpc) is 3.00. The molecule has 3 aromatic rings. The van der Waals surface area contributed by atoms with Crippen LogP contribution >= 0.6 is 15.9 Å². The van der Waals surface area contributed by atoms with Crippen LogP contribution in [0.1, 0.15) is 34.1 Å². The molecule has 0 unspecified atom stereocenters. The van der Waals surface area contributed by atoms with Gasteiger partial charge in [-0.2, -0.15) is 0 Å². The largest absolute Gasteiger partial charge is 0.274 e. The zero-order valence-corrected chi connectivity index (χ0v) is 16.5. The lowest BCUT2D eigenvalue weighted by atomic mass is 9.55. The quantitative estimate of drug-likeness (QED) is 0.518. The third-order valence-electron chi connectivity index (χ3n) is 6.53. The summed E-state index contributed by atoms with van der Waals surface area (Å²) in [6.45, 7) is 0. The number of rotatable bonds is 1. The van der Waals surface area contributed by atoms with Crippen molar-refractivity contribution in [2.75, 3.05) is 4.90 Å². The minimum absolute atomic E-state index is 0.0562. The molecule has 0 N–H and O–H groups in total. The summed E-state index contributed by atoms with van der Waals surface area (Å²) in [5, 5.41) is 0. The first kappa shape index (κ1) is 16.3. The molecule has 4 heteroatoms. The van der Waals surface area contributed by atoms with Crippen molar-refractivity contribution in [2.24, 2.45) is 11.8 Å². The van der Waals surface area contributed by atoms with Gasteiger partial charge in [-0.05, 0) is 46.5 Å². The molecule has 1 saturated heterocycles. The first-order chi connectivity index (χ1) is 13.7. The number of benzene rings is 3. The second-order valence-electron chi connectivity index (χ2n) is 7.75. The summed E-state index contributed by atoms with van der Waals surface area (Å²) in [7, 11) is 0. The molecular formula is C24H16BrNO2. The predicted molar refractivity (Wildman–Crippen MR) is 110 cm³/mol. The first-order valence-corrected chi connectivity index (χ1v) is 10.3. The molecule has 2 amide bonds. The van der Waals surface area contributed by atoms with Gasteiger partial charge in [0, 0.05) is 16.3 Å². The van der Waals surface area contributed by atoms with Gasteiger partial charge in [-0.1, -0.05) is 64.5 Å². The van der Waals surface area contributed by atoms with E-state index in [0.717, 1.165) is 4.47 Å². The lowest BCUT2D eigenvalue weighted by Crippen LogP contribution is -2.41. The Morgan fingerprint density at radius 3 is 1.39 bits per heavy atom. The van der Waals surface area contributed by atoms with Gasteiger partial charge in [0.05, 0.1) is 17.5 Å². The fraction of sp³-hybridized carbons (Fsp3) is 0.167. The van der Waals surface area contributed by atoms with Gasteiger partial charge < -0.3 is 0 Å². The van der Waals surface area contributed by atoms with Crippen LogP contribution in [0.15, 0.2) is 77.3 Å². The molecule has 136 valence electrons. The molecule has 0 spiro atoms. The van der Waals surface area contributed by atoms with E-state index in [1.807, 2.05) is 48.5 Å². The van der Waals surface area contributed by atoms with Crippen LogP contribution in [-0.2, 0) is 9.59 Å². The average molecular weight is 430 g/mol. The van der Waals surface area contributed by atoms with Crippen LogP contribution in [0.4, 0.5) is 5.69 Å². The molecule has 0 saturated carbocycles. The summed E-state index contributed by atoms with van der Waals surface area (Å²) in [6, 6.07) is 24.0. The van der Waals surface area contributed by atoms with Crippen LogP contribution in [0, 0.1) is 11.8 Å². The Hall–Kier alpha value is -2.72. The maximum Gasteiger partial charge on any atom is 0.238 e. The zero-order valence-electron chi connectivity index (χ0n) is 14.9. The summed E-state index contributed by atoms with van der Waals surface area (Å²) in [6.07, 6.45) is 0.